The Kier molecular flexibility index (Phi) is 21.9. The fourth-order valence-corrected chi connectivity index (χ4v) is 24.0. The summed E-state index contributed by atoms with van der Waals surface area (Å²) >= 11 is 0. The second-order valence-electron chi connectivity index (χ2n) is 38.7. The van der Waals surface area contributed by atoms with Crippen molar-refractivity contribution in [2.24, 2.45) is 0 Å². The van der Waals surface area contributed by atoms with Gasteiger partial charge in [0.05, 0.1) is 88.9 Å². The van der Waals surface area contributed by atoms with Crippen LogP contribution in [0.4, 0.5) is 0 Å². The van der Waals surface area contributed by atoms with Crippen molar-refractivity contribution >= 4 is 131 Å². The maximum atomic E-state index is 2.50. The molecule has 0 N–H and O–H groups in total. The molecule has 6 heterocycles. The molecule has 6 heteroatoms. The van der Waals surface area contributed by atoms with Crippen molar-refractivity contribution in [3.8, 4) is 134 Å². The van der Waals surface area contributed by atoms with Crippen LogP contribution in [0.3, 0.4) is 0 Å². The van der Waals surface area contributed by atoms with Crippen molar-refractivity contribution in [1.82, 2.24) is 27.4 Å². The number of aromatic nitrogens is 6. The minimum absolute atomic E-state index is 1.14. The van der Waals surface area contributed by atoms with Gasteiger partial charge < -0.3 is 27.4 Å². The van der Waals surface area contributed by atoms with Gasteiger partial charge in [0.25, 0.3) is 0 Å². The summed E-state index contributed by atoms with van der Waals surface area (Å²) in [5.74, 6) is 0. The van der Waals surface area contributed by atoms with Gasteiger partial charge in [-0.2, -0.15) is 0 Å². The summed E-state index contributed by atoms with van der Waals surface area (Å²) in [6.07, 6.45) is 0. The average molecular weight is 1910 g/mol. The number of fused-ring (bicyclic) bond motifs is 18. The van der Waals surface area contributed by atoms with Gasteiger partial charge in [0.15, 0.2) is 0 Å². The second-order valence-corrected chi connectivity index (χ2v) is 38.7. The van der Waals surface area contributed by atoms with Gasteiger partial charge in [-0.3, -0.25) is 0 Å². The minimum atomic E-state index is 1.14. The highest BCUT2D eigenvalue weighted by atomic mass is 15.0. The Labute approximate surface area is 868 Å². The lowest BCUT2D eigenvalue weighted by molar-refractivity contribution is 1.18. The van der Waals surface area contributed by atoms with E-state index >= 15 is 0 Å². The van der Waals surface area contributed by atoms with Gasteiger partial charge in [-0.25, -0.2) is 0 Å². The van der Waals surface area contributed by atoms with Gasteiger partial charge >= 0.3 is 0 Å². The van der Waals surface area contributed by atoms with Crippen LogP contribution in [0.25, 0.3) is 265 Å². The number of hydrogen-bond donors (Lipinski definition) is 0. The molecular weight excluding hydrogens is 1810 g/mol. The predicted molar refractivity (Wildman–Crippen MR) is 634 cm³/mol. The largest absolute Gasteiger partial charge is 0.309 e. The van der Waals surface area contributed by atoms with Crippen molar-refractivity contribution in [1.29, 1.82) is 0 Å². The Morgan fingerprint density at radius 1 is 0.100 bits per heavy atom. The smallest absolute Gasteiger partial charge is 0.0618 e. The Balaban J connectivity index is 0.000000108. The fraction of sp³-hybridized carbons (Fsp3) is 0. The van der Waals surface area contributed by atoms with Crippen LogP contribution in [0.15, 0.2) is 582 Å². The molecule has 150 heavy (non-hydrogen) atoms. The van der Waals surface area contributed by atoms with E-state index in [1.54, 1.807) is 0 Å². The van der Waals surface area contributed by atoms with Crippen molar-refractivity contribution in [2.45, 2.75) is 0 Å². The Hall–Kier alpha value is -19.9. The second kappa shape index (κ2) is 37.4. The van der Waals surface area contributed by atoms with Crippen LogP contribution in [0.1, 0.15) is 0 Å². The van der Waals surface area contributed by atoms with Gasteiger partial charge in [-0.15, -0.1) is 0 Å². The van der Waals surface area contributed by atoms with E-state index in [1.165, 1.54) is 254 Å². The third-order valence-electron chi connectivity index (χ3n) is 30.4. The third-order valence-corrected chi connectivity index (χ3v) is 30.4. The molecule has 0 aliphatic heterocycles. The lowest BCUT2D eigenvalue weighted by Crippen LogP contribution is -2.01. The summed E-state index contributed by atoms with van der Waals surface area (Å²) in [6.45, 7) is 0. The van der Waals surface area contributed by atoms with Crippen LogP contribution >= 0.6 is 0 Å². The Morgan fingerprint density at radius 3 is 0.647 bits per heavy atom. The zero-order valence-corrected chi connectivity index (χ0v) is 82.1. The summed E-state index contributed by atoms with van der Waals surface area (Å²) in [4.78, 5) is 0. The third kappa shape index (κ3) is 14.9. The minimum Gasteiger partial charge on any atom is -0.309 e. The molecule has 30 rings (SSSR count). The number of nitrogens with zero attached hydrogens (tertiary/aromatic N) is 6. The van der Waals surface area contributed by atoms with Crippen LogP contribution < -0.4 is 0 Å². The number of benzene rings is 24. The maximum Gasteiger partial charge on any atom is 0.0618 e. The van der Waals surface area contributed by atoms with Crippen molar-refractivity contribution in [2.75, 3.05) is 0 Å². The highest BCUT2D eigenvalue weighted by molar-refractivity contribution is 6.22. The van der Waals surface area contributed by atoms with Crippen LogP contribution in [0.2, 0.25) is 0 Å². The van der Waals surface area contributed by atoms with Gasteiger partial charge in [0, 0.05) is 104 Å². The first kappa shape index (κ1) is 87.8. The molecule has 0 aliphatic carbocycles. The molecule has 0 saturated carbocycles. The van der Waals surface area contributed by atoms with Crippen molar-refractivity contribution in [3.63, 3.8) is 0 Å². The molecule has 702 valence electrons. The molecule has 0 aliphatic rings. The van der Waals surface area contributed by atoms with E-state index in [0.717, 1.165) is 11.4 Å². The lowest BCUT2D eigenvalue weighted by Gasteiger charge is -2.19. The van der Waals surface area contributed by atoms with E-state index in [-0.39, 0.29) is 0 Å². The molecule has 30 aromatic rings. The van der Waals surface area contributed by atoms with E-state index < -0.39 is 0 Å². The van der Waals surface area contributed by atoms with E-state index in [0.29, 0.717) is 0 Å². The number of rotatable bonds is 15. The molecule has 0 fully saturated rings. The molecule has 0 bridgehead atoms. The Bertz CT molecular complexity index is 10200. The zero-order chi connectivity index (χ0) is 99.1. The van der Waals surface area contributed by atoms with Crippen LogP contribution in [-0.4, -0.2) is 27.4 Å². The quantitative estimate of drug-likeness (QED) is 0.0979. The molecule has 0 unspecified atom stereocenters. The van der Waals surface area contributed by atoms with Crippen molar-refractivity contribution in [3.05, 3.63) is 582 Å². The fourth-order valence-electron chi connectivity index (χ4n) is 24.0. The standard InChI is InChI=1S/3C48H32N2/c1-3-17-33(18-4-1)35-25-15-26-36(34-19-5-2-6-20-34)48(35)50-45-31-14-10-24-41(45)47-40(27-16-32-46(47)50)39-23-9-13-30-44(39)49-42-28-11-7-21-37(42)38-22-8-12-29-43(38)49;1-3-16-33(17-4-1)35-30-36(34-18-5-2-6-19-34)32-37(31-35)49-46-28-14-10-23-42(46)48-41(24-15-29-47(48)49)40-22-9-13-27-45(40)50-43-25-11-7-20-38(43)39-21-8-12-26-44(39)50;1-3-16-33(17-4-1)36-31-30-35(32-42(36)34-18-5-2-6-19-34)49-46-28-14-10-23-41(46)48-40(24-15-29-47(48)49)39-22-9-13-27-45(39)50-43-25-11-7-20-37(43)38-21-8-12-26-44(38)50/h3*1-32H. The first-order chi connectivity index (χ1) is 74.5. The maximum absolute atomic E-state index is 2.50. The lowest BCUT2D eigenvalue weighted by atomic mass is 9.94. The molecular formula is C144H96N6. The number of hydrogen-bond acceptors (Lipinski definition) is 0. The van der Waals surface area contributed by atoms with E-state index in [4.69, 9.17) is 0 Å². The summed E-state index contributed by atoms with van der Waals surface area (Å²) < 4.78 is 14.7. The normalized spacial score (nSPS) is 11.6. The van der Waals surface area contributed by atoms with E-state index in [9.17, 15) is 0 Å². The topological polar surface area (TPSA) is 29.6 Å². The molecule has 6 aromatic heterocycles. The highest BCUT2D eigenvalue weighted by Gasteiger charge is 2.29. The summed E-state index contributed by atoms with van der Waals surface area (Å²) in [7, 11) is 0. The summed E-state index contributed by atoms with van der Waals surface area (Å²) in [5, 5.41) is 15.0. The predicted octanol–water partition coefficient (Wildman–Crippen LogP) is 38.6. The van der Waals surface area contributed by atoms with Crippen molar-refractivity contribution < 1.29 is 0 Å². The van der Waals surface area contributed by atoms with Crippen LogP contribution in [0.5, 0.6) is 0 Å². The summed E-state index contributed by atoms with van der Waals surface area (Å²) in [5.41, 5.74) is 43.1. The zero-order valence-electron chi connectivity index (χ0n) is 82.1. The van der Waals surface area contributed by atoms with Gasteiger partial charge in [-0.1, -0.05) is 461 Å². The molecule has 0 saturated heterocycles. The number of para-hydroxylation sites is 13. The van der Waals surface area contributed by atoms with Gasteiger partial charge in [0.1, 0.15) is 0 Å². The Morgan fingerprint density at radius 2 is 0.320 bits per heavy atom. The van der Waals surface area contributed by atoms with Crippen LogP contribution in [-0.2, 0) is 0 Å². The SMILES string of the molecule is c1ccc(-c2cc(-c3ccccc3)cc(-n3c4ccccc4c4c(-c5ccccc5-n5c6ccccc6c6ccccc65)cccc43)c2)cc1.c1ccc(-c2ccc(-n3c4ccccc4c4c(-c5ccccc5-n5c6ccccc6c6ccccc65)cccc43)cc2-c2ccccc2)cc1.c1ccc(-c2cccc(-c3ccccc3)c2-n2c3ccccc3c3c(-c4ccccc4-n4c5ccccc5c5ccccc54)cccc32)cc1. The molecule has 0 amide bonds. The van der Waals surface area contributed by atoms with Gasteiger partial charge in [-0.05, 0) is 194 Å². The van der Waals surface area contributed by atoms with Crippen LogP contribution in [0, 0.1) is 0 Å². The first-order valence-corrected chi connectivity index (χ1v) is 51.6. The monoisotopic (exact) mass is 1910 g/mol. The first-order valence-electron chi connectivity index (χ1n) is 51.6. The molecule has 24 aromatic carbocycles. The van der Waals surface area contributed by atoms with Gasteiger partial charge in [0.2, 0.25) is 0 Å². The molecule has 0 atom stereocenters. The van der Waals surface area contributed by atoms with E-state index in [1.807, 2.05) is 0 Å². The molecule has 0 radical (unpaired) electrons. The molecule has 0 spiro atoms. The molecule has 6 nitrogen and oxygen atoms in total. The average Bonchev–Trinajstić information content (AvgIpc) is 1.56. The van der Waals surface area contributed by atoms with E-state index in [2.05, 4.69) is 610 Å². The summed E-state index contributed by atoms with van der Waals surface area (Å²) in [6, 6.07) is 211. The highest BCUT2D eigenvalue weighted by Crippen LogP contribution is 2.51.